The minimum absolute atomic E-state index is 0.136. The summed E-state index contributed by atoms with van der Waals surface area (Å²) in [6.45, 7) is 3.50. The lowest BCUT2D eigenvalue weighted by molar-refractivity contribution is -0.125. The van der Waals surface area contributed by atoms with Gasteiger partial charge in [0.15, 0.2) is 0 Å². The molecular formula is C24H25N3O3. The van der Waals surface area contributed by atoms with E-state index < -0.39 is 0 Å². The molecule has 0 radical (unpaired) electrons. The standard InChI is InChI=1S/C24H25N3O3/c1-2-26-22(28)15-25(24(26)30)13-16-6-8-17(9-7-16)18-10-11-21-19(12-18)14-27(23(21)29)20-4-3-5-20/h6-12,20H,2-5,13-15H2,1H3. The number of rotatable bonds is 5. The van der Waals surface area contributed by atoms with Crippen molar-refractivity contribution in [2.45, 2.75) is 45.3 Å². The van der Waals surface area contributed by atoms with Crippen LogP contribution in [0.5, 0.6) is 0 Å². The highest BCUT2D eigenvalue weighted by Gasteiger charge is 2.36. The zero-order chi connectivity index (χ0) is 20.8. The molecule has 6 heteroatoms. The Bertz CT molecular complexity index is 1030. The topological polar surface area (TPSA) is 60.9 Å². The third-order valence-electron chi connectivity index (χ3n) is 6.56. The molecule has 0 aromatic heterocycles. The van der Waals surface area contributed by atoms with Crippen LogP contribution in [0.2, 0.25) is 0 Å². The van der Waals surface area contributed by atoms with Crippen LogP contribution in [0.15, 0.2) is 42.5 Å². The number of carbonyl (C=O) groups excluding carboxylic acids is 3. The molecule has 4 amide bonds. The lowest BCUT2D eigenvalue weighted by Gasteiger charge is -2.34. The zero-order valence-corrected chi connectivity index (χ0v) is 17.1. The van der Waals surface area contributed by atoms with Crippen molar-refractivity contribution >= 4 is 17.8 Å². The molecule has 2 aromatic carbocycles. The van der Waals surface area contributed by atoms with Gasteiger partial charge in [-0.05, 0) is 60.6 Å². The second kappa shape index (κ2) is 7.27. The number of benzene rings is 2. The average Bonchev–Trinajstić information content (AvgIpc) is 3.16. The maximum Gasteiger partial charge on any atom is 0.327 e. The van der Waals surface area contributed by atoms with Gasteiger partial charge in [-0.25, -0.2) is 4.79 Å². The van der Waals surface area contributed by atoms with E-state index in [4.69, 9.17) is 0 Å². The Morgan fingerprint density at radius 3 is 2.30 bits per heavy atom. The lowest BCUT2D eigenvalue weighted by Crippen LogP contribution is -2.40. The van der Waals surface area contributed by atoms with Gasteiger partial charge in [0.25, 0.3) is 5.91 Å². The highest BCUT2D eigenvalue weighted by atomic mass is 16.2. The van der Waals surface area contributed by atoms with Crippen molar-refractivity contribution in [3.05, 3.63) is 59.2 Å². The Balaban J connectivity index is 1.30. The Morgan fingerprint density at radius 1 is 0.933 bits per heavy atom. The van der Waals surface area contributed by atoms with Crippen LogP contribution in [0, 0.1) is 0 Å². The Labute approximate surface area is 176 Å². The van der Waals surface area contributed by atoms with E-state index in [1.54, 1.807) is 4.90 Å². The molecule has 2 aliphatic heterocycles. The molecule has 0 unspecified atom stereocenters. The number of carbonyl (C=O) groups is 3. The average molecular weight is 403 g/mol. The molecule has 3 aliphatic rings. The van der Waals surface area contributed by atoms with Crippen LogP contribution >= 0.6 is 0 Å². The van der Waals surface area contributed by atoms with Crippen LogP contribution in [0.25, 0.3) is 11.1 Å². The molecule has 0 bridgehead atoms. The van der Waals surface area contributed by atoms with E-state index in [-0.39, 0.29) is 24.4 Å². The number of hydrogen-bond donors (Lipinski definition) is 0. The van der Waals surface area contributed by atoms with E-state index in [9.17, 15) is 14.4 Å². The highest BCUT2D eigenvalue weighted by molar-refractivity contribution is 6.02. The lowest BCUT2D eigenvalue weighted by atomic mass is 9.92. The first-order valence-electron chi connectivity index (χ1n) is 10.7. The number of amides is 4. The third-order valence-corrected chi connectivity index (χ3v) is 6.56. The van der Waals surface area contributed by atoms with Crippen molar-refractivity contribution in [2.24, 2.45) is 0 Å². The maximum absolute atomic E-state index is 12.6. The molecule has 6 nitrogen and oxygen atoms in total. The Hall–Kier alpha value is -3.15. The Kier molecular flexibility index (Phi) is 4.57. The summed E-state index contributed by atoms with van der Waals surface area (Å²) in [5.41, 5.74) is 5.10. The van der Waals surface area contributed by atoms with Gasteiger partial charge in [0, 0.05) is 31.2 Å². The van der Waals surface area contributed by atoms with Crippen molar-refractivity contribution in [1.29, 1.82) is 0 Å². The molecule has 30 heavy (non-hydrogen) atoms. The molecule has 1 saturated carbocycles. The molecule has 0 N–H and O–H groups in total. The molecule has 2 heterocycles. The van der Waals surface area contributed by atoms with E-state index >= 15 is 0 Å². The van der Waals surface area contributed by atoms with E-state index in [0.717, 1.165) is 40.7 Å². The van der Waals surface area contributed by atoms with Crippen molar-refractivity contribution < 1.29 is 14.4 Å². The molecule has 2 aromatic rings. The number of fused-ring (bicyclic) bond motifs is 1. The SMILES string of the molecule is CCN1C(=O)CN(Cc2ccc(-c3ccc4c(c3)CN(C3CCC3)C4=O)cc2)C1=O. The second-order valence-electron chi connectivity index (χ2n) is 8.36. The number of urea groups is 1. The van der Waals surface area contributed by atoms with Crippen LogP contribution in [-0.2, 0) is 17.9 Å². The minimum Gasteiger partial charge on any atom is -0.331 e. The van der Waals surface area contributed by atoms with E-state index in [2.05, 4.69) is 6.07 Å². The van der Waals surface area contributed by atoms with Gasteiger partial charge in [-0.1, -0.05) is 30.3 Å². The smallest absolute Gasteiger partial charge is 0.327 e. The van der Waals surface area contributed by atoms with Crippen molar-refractivity contribution in [3.8, 4) is 11.1 Å². The van der Waals surface area contributed by atoms with E-state index in [1.807, 2.05) is 48.2 Å². The summed E-state index contributed by atoms with van der Waals surface area (Å²) >= 11 is 0. The summed E-state index contributed by atoms with van der Waals surface area (Å²) in [4.78, 5) is 41.7. The monoisotopic (exact) mass is 403 g/mol. The van der Waals surface area contributed by atoms with Crippen LogP contribution < -0.4 is 0 Å². The van der Waals surface area contributed by atoms with Gasteiger partial charge >= 0.3 is 6.03 Å². The predicted octanol–water partition coefficient (Wildman–Crippen LogP) is 3.65. The quantitative estimate of drug-likeness (QED) is 0.716. The number of nitrogens with zero attached hydrogens (tertiary/aromatic N) is 3. The summed E-state index contributed by atoms with van der Waals surface area (Å²) in [6, 6.07) is 14.4. The normalized spacial score (nSPS) is 19.0. The molecular weight excluding hydrogens is 378 g/mol. The largest absolute Gasteiger partial charge is 0.331 e. The van der Waals surface area contributed by atoms with Gasteiger partial charge in [-0.2, -0.15) is 0 Å². The van der Waals surface area contributed by atoms with Crippen molar-refractivity contribution in [3.63, 3.8) is 0 Å². The summed E-state index contributed by atoms with van der Waals surface area (Å²) < 4.78 is 0. The first-order chi connectivity index (χ1) is 14.5. The van der Waals surface area contributed by atoms with Gasteiger partial charge in [-0.3, -0.25) is 14.5 Å². The van der Waals surface area contributed by atoms with Gasteiger partial charge in [0.05, 0.1) is 0 Å². The van der Waals surface area contributed by atoms with E-state index in [1.165, 1.54) is 11.3 Å². The predicted molar refractivity (Wildman–Crippen MR) is 113 cm³/mol. The fourth-order valence-corrected chi connectivity index (χ4v) is 4.57. The Morgan fingerprint density at radius 2 is 1.67 bits per heavy atom. The van der Waals surface area contributed by atoms with Gasteiger partial charge in [0.1, 0.15) is 6.54 Å². The van der Waals surface area contributed by atoms with E-state index in [0.29, 0.717) is 25.7 Å². The first-order valence-corrected chi connectivity index (χ1v) is 10.7. The fourth-order valence-electron chi connectivity index (χ4n) is 4.57. The first kappa shape index (κ1) is 18.9. The van der Waals surface area contributed by atoms with Crippen LogP contribution in [0.1, 0.15) is 47.7 Å². The molecule has 1 saturated heterocycles. The molecule has 1 aliphatic carbocycles. The zero-order valence-electron chi connectivity index (χ0n) is 17.1. The van der Waals surface area contributed by atoms with Crippen LogP contribution in [0.3, 0.4) is 0 Å². The minimum atomic E-state index is -0.217. The summed E-state index contributed by atoms with van der Waals surface area (Å²) in [5, 5.41) is 0. The van der Waals surface area contributed by atoms with Crippen LogP contribution in [0.4, 0.5) is 4.79 Å². The van der Waals surface area contributed by atoms with Crippen molar-refractivity contribution in [1.82, 2.24) is 14.7 Å². The highest BCUT2D eigenvalue weighted by Crippen LogP contribution is 2.34. The number of likely N-dealkylation sites (N-methyl/N-ethyl adjacent to an activating group) is 1. The van der Waals surface area contributed by atoms with Gasteiger partial charge in [-0.15, -0.1) is 0 Å². The van der Waals surface area contributed by atoms with Gasteiger partial charge in [0.2, 0.25) is 5.91 Å². The molecule has 0 spiro atoms. The molecule has 2 fully saturated rings. The molecule has 5 rings (SSSR count). The maximum atomic E-state index is 12.6. The van der Waals surface area contributed by atoms with Crippen molar-refractivity contribution in [2.75, 3.05) is 13.1 Å². The number of imide groups is 1. The summed E-state index contributed by atoms with van der Waals surface area (Å²) in [6.07, 6.45) is 3.46. The third kappa shape index (κ3) is 3.07. The summed E-state index contributed by atoms with van der Waals surface area (Å²) in [7, 11) is 0. The number of hydrogen-bond acceptors (Lipinski definition) is 3. The van der Waals surface area contributed by atoms with Crippen LogP contribution in [-0.4, -0.2) is 51.7 Å². The summed E-state index contributed by atoms with van der Waals surface area (Å²) in [5.74, 6) is 0.0327. The second-order valence-corrected chi connectivity index (χ2v) is 8.36. The molecule has 0 atom stereocenters. The van der Waals surface area contributed by atoms with Gasteiger partial charge < -0.3 is 9.80 Å². The fraction of sp³-hybridized carbons (Fsp3) is 0.375. The molecule has 154 valence electrons.